The molecule has 1 N–H and O–H groups in total. The largest absolute Gasteiger partial charge is 0.396 e. The topological polar surface area (TPSA) is 63.6 Å². The molecule has 1 aliphatic carbocycles. The average molecular weight is 310 g/mol. The van der Waals surface area contributed by atoms with Gasteiger partial charge in [-0.2, -0.15) is 8.42 Å². The van der Waals surface area contributed by atoms with Crippen molar-refractivity contribution in [2.75, 3.05) is 13.2 Å². The summed E-state index contributed by atoms with van der Waals surface area (Å²) in [5.41, 5.74) is 1.67. The summed E-state index contributed by atoms with van der Waals surface area (Å²) in [6.45, 7) is 5.79. The van der Waals surface area contributed by atoms with Crippen LogP contribution in [-0.4, -0.2) is 26.7 Å². The highest BCUT2D eigenvalue weighted by atomic mass is 32.2. The molecular weight excluding hydrogens is 288 g/mol. The highest BCUT2D eigenvalue weighted by Crippen LogP contribution is 2.38. The van der Waals surface area contributed by atoms with Gasteiger partial charge in [0.2, 0.25) is 0 Å². The summed E-state index contributed by atoms with van der Waals surface area (Å²) >= 11 is 0. The van der Waals surface area contributed by atoms with Gasteiger partial charge in [0, 0.05) is 5.41 Å². The van der Waals surface area contributed by atoms with E-state index in [0.717, 1.165) is 24.0 Å². The molecule has 2 rings (SSSR count). The molecule has 0 bridgehead atoms. The fraction of sp³-hybridized carbons (Fsp3) is 0.500. The summed E-state index contributed by atoms with van der Waals surface area (Å²) in [6.07, 6.45) is 3.06. The Hall–Kier alpha value is -1.17. The van der Waals surface area contributed by atoms with Crippen LogP contribution in [0.25, 0.3) is 0 Å². The molecule has 21 heavy (non-hydrogen) atoms. The maximum Gasteiger partial charge on any atom is 0.296 e. The van der Waals surface area contributed by atoms with E-state index in [-0.39, 0.29) is 18.1 Å². The predicted octanol–water partition coefficient (Wildman–Crippen LogP) is 2.81. The van der Waals surface area contributed by atoms with E-state index >= 15 is 0 Å². The van der Waals surface area contributed by atoms with Gasteiger partial charge in [-0.3, -0.25) is 4.18 Å². The van der Waals surface area contributed by atoms with E-state index < -0.39 is 15.5 Å². The summed E-state index contributed by atoms with van der Waals surface area (Å²) in [7, 11) is -3.77. The Balaban J connectivity index is 2.06. The van der Waals surface area contributed by atoms with Crippen LogP contribution in [0.3, 0.4) is 0 Å². The minimum absolute atomic E-state index is 0.0208. The lowest BCUT2D eigenvalue weighted by Crippen LogP contribution is -2.34. The van der Waals surface area contributed by atoms with Crippen LogP contribution < -0.4 is 0 Å². The minimum atomic E-state index is -3.77. The van der Waals surface area contributed by atoms with Crippen LogP contribution in [-0.2, 0) is 14.3 Å². The average Bonchev–Trinajstić information content (AvgIpc) is 2.48. The normalized spacial score (nSPS) is 18.7. The SMILES string of the molecule is C=C1CCC(CO)(COS(=O)(=O)c2ccc(C)cc2)CC1. The summed E-state index contributed by atoms with van der Waals surface area (Å²) in [5.74, 6) is 0. The highest BCUT2D eigenvalue weighted by molar-refractivity contribution is 7.86. The second kappa shape index (κ2) is 6.30. The number of aliphatic hydroxyl groups excluding tert-OH is 1. The molecule has 4 nitrogen and oxygen atoms in total. The van der Waals surface area contributed by atoms with Crippen molar-refractivity contribution < 1.29 is 17.7 Å². The van der Waals surface area contributed by atoms with Crippen LogP contribution in [0.15, 0.2) is 41.3 Å². The van der Waals surface area contributed by atoms with Crippen molar-refractivity contribution in [3.8, 4) is 0 Å². The Morgan fingerprint density at radius 2 is 1.81 bits per heavy atom. The van der Waals surface area contributed by atoms with Crippen LogP contribution in [0.4, 0.5) is 0 Å². The third kappa shape index (κ3) is 3.93. The first kappa shape index (κ1) is 16.2. The van der Waals surface area contributed by atoms with Crippen molar-refractivity contribution in [3.63, 3.8) is 0 Å². The van der Waals surface area contributed by atoms with E-state index in [4.69, 9.17) is 4.18 Å². The molecule has 1 aromatic carbocycles. The predicted molar refractivity (Wildman–Crippen MR) is 81.4 cm³/mol. The van der Waals surface area contributed by atoms with Gasteiger partial charge in [-0.05, 0) is 44.7 Å². The zero-order chi connectivity index (χ0) is 15.5. The van der Waals surface area contributed by atoms with Crippen molar-refractivity contribution in [2.24, 2.45) is 5.41 Å². The molecule has 0 saturated heterocycles. The minimum Gasteiger partial charge on any atom is -0.396 e. The van der Waals surface area contributed by atoms with E-state index in [0.29, 0.717) is 12.8 Å². The Morgan fingerprint density at radius 1 is 1.24 bits per heavy atom. The molecular formula is C16H22O4S. The molecule has 0 atom stereocenters. The molecule has 0 radical (unpaired) electrons. The summed E-state index contributed by atoms with van der Waals surface area (Å²) < 4.78 is 29.6. The Morgan fingerprint density at radius 3 is 2.33 bits per heavy atom. The number of hydrogen-bond donors (Lipinski definition) is 1. The number of aryl methyl sites for hydroxylation is 1. The molecule has 0 amide bonds. The quantitative estimate of drug-likeness (QED) is 0.671. The molecule has 0 aromatic heterocycles. The van der Waals surface area contributed by atoms with Crippen LogP contribution in [0.1, 0.15) is 31.2 Å². The first-order valence-corrected chi connectivity index (χ1v) is 8.51. The van der Waals surface area contributed by atoms with Crippen LogP contribution >= 0.6 is 0 Å². The fourth-order valence-electron chi connectivity index (χ4n) is 2.46. The van der Waals surface area contributed by atoms with Gasteiger partial charge in [-0.1, -0.05) is 29.8 Å². The number of allylic oxidation sites excluding steroid dienone is 1. The van der Waals surface area contributed by atoms with Gasteiger partial charge in [-0.15, -0.1) is 0 Å². The summed E-state index contributed by atoms with van der Waals surface area (Å²) in [5, 5.41) is 9.63. The van der Waals surface area contributed by atoms with E-state index in [1.807, 2.05) is 6.92 Å². The lowest BCUT2D eigenvalue weighted by atomic mass is 9.74. The zero-order valence-electron chi connectivity index (χ0n) is 12.3. The third-order valence-corrected chi connectivity index (χ3v) is 5.46. The van der Waals surface area contributed by atoms with Crippen LogP contribution in [0.5, 0.6) is 0 Å². The molecule has 5 heteroatoms. The molecule has 0 unspecified atom stereocenters. The Kier molecular flexibility index (Phi) is 4.86. The molecule has 1 saturated carbocycles. The number of benzene rings is 1. The third-order valence-electron chi connectivity index (χ3n) is 4.18. The van der Waals surface area contributed by atoms with Crippen molar-refractivity contribution >= 4 is 10.1 Å². The monoisotopic (exact) mass is 310 g/mol. The van der Waals surface area contributed by atoms with Gasteiger partial charge in [0.05, 0.1) is 18.1 Å². The lowest BCUT2D eigenvalue weighted by molar-refractivity contribution is 0.0451. The summed E-state index contributed by atoms with van der Waals surface area (Å²) in [6, 6.07) is 6.56. The van der Waals surface area contributed by atoms with E-state index in [1.54, 1.807) is 24.3 Å². The van der Waals surface area contributed by atoms with Gasteiger partial charge in [-0.25, -0.2) is 0 Å². The van der Waals surface area contributed by atoms with Gasteiger partial charge in [0.25, 0.3) is 10.1 Å². The second-order valence-electron chi connectivity index (χ2n) is 5.94. The molecule has 1 fully saturated rings. The van der Waals surface area contributed by atoms with E-state index in [1.165, 1.54) is 0 Å². The number of rotatable bonds is 5. The van der Waals surface area contributed by atoms with Crippen molar-refractivity contribution in [1.82, 2.24) is 0 Å². The first-order chi connectivity index (χ1) is 9.87. The van der Waals surface area contributed by atoms with Crippen molar-refractivity contribution in [1.29, 1.82) is 0 Å². The molecule has 1 aromatic rings. The van der Waals surface area contributed by atoms with Crippen molar-refractivity contribution in [3.05, 3.63) is 42.0 Å². The molecule has 116 valence electrons. The van der Waals surface area contributed by atoms with Gasteiger partial charge in [0.1, 0.15) is 0 Å². The number of hydrogen-bond acceptors (Lipinski definition) is 4. The number of aliphatic hydroxyl groups is 1. The maximum absolute atomic E-state index is 12.2. The van der Waals surface area contributed by atoms with Gasteiger partial charge < -0.3 is 5.11 Å². The van der Waals surface area contributed by atoms with E-state index in [2.05, 4.69) is 6.58 Å². The smallest absolute Gasteiger partial charge is 0.296 e. The molecule has 0 spiro atoms. The van der Waals surface area contributed by atoms with E-state index in [9.17, 15) is 13.5 Å². The first-order valence-electron chi connectivity index (χ1n) is 7.11. The van der Waals surface area contributed by atoms with Gasteiger partial charge >= 0.3 is 0 Å². The van der Waals surface area contributed by atoms with Crippen LogP contribution in [0, 0.1) is 12.3 Å². The molecule has 0 heterocycles. The Labute approximate surface area is 126 Å². The molecule has 1 aliphatic rings. The lowest BCUT2D eigenvalue weighted by Gasteiger charge is -2.35. The standard InChI is InChI=1S/C16H22O4S/c1-13-3-5-15(6-4-13)21(18,19)20-12-16(11-17)9-7-14(2)8-10-16/h3-6,17H,2,7-12H2,1H3. The zero-order valence-corrected chi connectivity index (χ0v) is 13.2. The maximum atomic E-state index is 12.2. The van der Waals surface area contributed by atoms with Crippen molar-refractivity contribution in [2.45, 2.75) is 37.5 Å². The molecule has 0 aliphatic heterocycles. The fourth-order valence-corrected chi connectivity index (χ4v) is 3.47. The van der Waals surface area contributed by atoms with Gasteiger partial charge in [0.15, 0.2) is 0 Å². The summed E-state index contributed by atoms with van der Waals surface area (Å²) in [4.78, 5) is 0.154. The second-order valence-corrected chi connectivity index (χ2v) is 7.55. The highest BCUT2D eigenvalue weighted by Gasteiger charge is 2.34. The Bertz CT molecular complexity index is 592. The van der Waals surface area contributed by atoms with Crippen LogP contribution in [0.2, 0.25) is 0 Å².